The molecule has 0 aromatic heterocycles. The molecule has 0 aromatic rings. The van der Waals surface area contributed by atoms with Crippen molar-refractivity contribution in [1.29, 1.82) is 0 Å². The van der Waals surface area contributed by atoms with E-state index < -0.39 is 0 Å². The number of hydrogen-bond donors (Lipinski definition) is 0. The van der Waals surface area contributed by atoms with Gasteiger partial charge in [-0.1, -0.05) is 0 Å². The molecule has 68 valence electrons. The van der Waals surface area contributed by atoms with Crippen LogP contribution >= 0.6 is 0 Å². The Kier molecular flexibility index (Phi) is 0.721. The Bertz CT molecular complexity index is 332. The van der Waals surface area contributed by atoms with Gasteiger partial charge in [0.25, 0.3) is 0 Å². The Morgan fingerprint density at radius 2 is 1.77 bits per heavy atom. The summed E-state index contributed by atoms with van der Waals surface area (Å²) in [7, 11) is 0. The number of carbonyl (C=O) groups is 1. The molecule has 5 aliphatic carbocycles. The SMILES string of the molecule is O=C1C2C[C@@H]3C1C1CC4C[C@@H]1[C@H]3[C@@H]42. The van der Waals surface area contributed by atoms with Crippen molar-refractivity contribution in [2.24, 2.45) is 47.3 Å². The number of rotatable bonds is 0. The first kappa shape index (κ1) is 6.21. The monoisotopic (exact) mass is 174 g/mol. The topological polar surface area (TPSA) is 17.1 Å². The van der Waals surface area contributed by atoms with Gasteiger partial charge in [0.05, 0.1) is 0 Å². The molecule has 8 atom stereocenters. The molecule has 0 saturated heterocycles. The van der Waals surface area contributed by atoms with Crippen molar-refractivity contribution in [2.75, 3.05) is 0 Å². The average Bonchev–Trinajstić information content (AvgIpc) is 2.74. The third-order valence-electron chi connectivity index (χ3n) is 6.28. The number of ketones is 1. The Balaban J connectivity index is 1.87. The molecule has 4 bridgehead atoms. The van der Waals surface area contributed by atoms with E-state index in [9.17, 15) is 4.79 Å². The summed E-state index contributed by atoms with van der Waals surface area (Å²) in [6, 6.07) is 0. The van der Waals surface area contributed by atoms with Gasteiger partial charge in [-0.15, -0.1) is 0 Å². The Morgan fingerprint density at radius 3 is 2.69 bits per heavy atom. The molecule has 0 aliphatic heterocycles. The predicted octanol–water partition coefficient (Wildman–Crippen LogP) is 1.72. The molecule has 5 saturated carbocycles. The summed E-state index contributed by atoms with van der Waals surface area (Å²) in [5.74, 6) is 7.52. The van der Waals surface area contributed by atoms with E-state index in [1.54, 1.807) is 0 Å². The van der Waals surface area contributed by atoms with Gasteiger partial charge in [0.2, 0.25) is 0 Å². The first-order chi connectivity index (χ1) is 6.36. The van der Waals surface area contributed by atoms with E-state index in [-0.39, 0.29) is 0 Å². The van der Waals surface area contributed by atoms with E-state index in [4.69, 9.17) is 0 Å². The van der Waals surface area contributed by atoms with Gasteiger partial charge in [-0.05, 0) is 54.8 Å². The zero-order valence-corrected chi connectivity index (χ0v) is 7.65. The molecule has 4 unspecified atom stereocenters. The van der Waals surface area contributed by atoms with E-state index in [0.717, 1.165) is 35.5 Å². The first-order valence-electron chi connectivity index (χ1n) is 5.90. The number of fused-ring (bicyclic) bond motifs is 5. The smallest absolute Gasteiger partial charge is 0.139 e. The van der Waals surface area contributed by atoms with Crippen molar-refractivity contribution in [3.63, 3.8) is 0 Å². The van der Waals surface area contributed by atoms with Crippen molar-refractivity contribution >= 4 is 5.78 Å². The summed E-state index contributed by atoms with van der Waals surface area (Å²) in [6.45, 7) is 0. The molecule has 13 heavy (non-hydrogen) atoms. The maximum atomic E-state index is 12.1. The normalized spacial score (nSPS) is 74.9. The second kappa shape index (κ2) is 1.51. The Labute approximate surface area is 77.9 Å². The van der Waals surface area contributed by atoms with E-state index in [1.165, 1.54) is 19.3 Å². The van der Waals surface area contributed by atoms with Crippen molar-refractivity contribution in [1.82, 2.24) is 0 Å². The van der Waals surface area contributed by atoms with Crippen LogP contribution in [0.3, 0.4) is 0 Å². The zero-order chi connectivity index (χ0) is 8.32. The number of hydrogen-bond acceptors (Lipinski definition) is 1. The lowest BCUT2D eigenvalue weighted by molar-refractivity contribution is -0.127. The van der Waals surface area contributed by atoms with Crippen molar-refractivity contribution in [3.8, 4) is 0 Å². The largest absolute Gasteiger partial charge is 0.299 e. The van der Waals surface area contributed by atoms with Gasteiger partial charge in [-0.2, -0.15) is 0 Å². The van der Waals surface area contributed by atoms with Crippen molar-refractivity contribution in [2.45, 2.75) is 19.3 Å². The molecule has 5 aliphatic rings. The molecule has 0 amide bonds. The van der Waals surface area contributed by atoms with Gasteiger partial charge in [0.1, 0.15) is 5.78 Å². The van der Waals surface area contributed by atoms with Gasteiger partial charge >= 0.3 is 0 Å². The fraction of sp³-hybridized carbons (Fsp3) is 0.917. The van der Waals surface area contributed by atoms with Gasteiger partial charge in [-0.3, -0.25) is 4.79 Å². The standard InChI is InChI=1S/C12H14O/c13-12-8-3-7-10-5-1-4(9(8)10)2-6(5)11(7)12/h4-11H,1-3H2/t4?,5-,6?,7-,8?,9-,10+,11?/m0/s1. The minimum atomic E-state index is 0.558. The highest BCUT2D eigenvalue weighted by atomic mass is 16.1. The van der Waals surface area contributed by atoms with E-state index in [0.29, 0.717) is 17.6 Å². The van der Waals surface area contributed by atoms with E-state index in [1.807, 2.05) is 0 Å². The van der Waals surface area contributed by atoms with Crippen LogP contribution < -0.4 is 0 Å². The average molecular weight is 174 g/mol. The van der Waals surface area contributed by atoms with Crippen LogP contribution in [0.4, 0.5) is 0 Å². The quantitative estimate of drug-likeness (QED) is 0.546. The first-order valence-corrected chi connectivity index (χ1v) is 5.90. The molecule has 1 heteroatoms. The summed E-state index contributed by atoms with van der Waals surface area (Å²) in [5.41, 5.74) is 0. The summed E-state index contributed by atoms with van der Waals surface area (Å²) in [4.78, 5) is 12.1. The molecule has 0 spiro atoms. The molecular formula is C12H14O. The summed E-state index contributed by atoms with van der Waals surface area (Å²) in [6.07, 6.45) is 4.26. The lowest BCUT2D eigenvalue weighted by Gasteiger charge is -2.26. The maximum absolute atomic E-state index is 12.1. The fourth-order valence-electron chi connectivity index (χ4n) is 6.40. The zero-order valence-electron chi connectivity index (χ0n) is 7.65. The highest BCUT2D eigenvalue weighted by Gasteiger charge is 2.75. The van der Waals surface area contributed by atoms with Crippen LogP contribution in [0.25, 0.3) is 0 Å². The van der Waals surface area contributed by atoms with Crippen LogP contribution in [0.2, 0.25) is 0 Å². The van der Waals surface area contributed by atoms with Crippen LogP contribution in [-0.4, -0.2) is 5.78 Å². The molecule has 1 nitrogen and oxygen atoms in total. The highest BCUT2D eigenvalue weighted by molar-refractivity contribution is 5.89. The van der Waals surface area contributed by atoms with E-state index in [2.05, 4.69) is 0 Å². The molecule has 0 heterocycles. The number of carbonyl (C=O) groups excluding carboxylic acids is 1. The molecule has 5 rings (SSSR count). The third kappa shape index (κ3) is 0.409. The molecule has 0 aromatic carbocycles. The van der Waals surface area contributed by atoms with Crippen molar-refractivity contribution in [3.05, 3.63) is 0 Å². The number of Topliss-reactive ketones (excluding diaryl/α,β-unsaturated/α-hetero) is 1. The van der Waals surface area contributed by atoms with E-state index >= 15 is 0 Å². The van der Waals surface area contributed by atoms with Crippen LogP contribution in [0.1, 0.15) is 19.3 Å². The minimum Gasteiger partial charge on any atom is -0.299 e. The van der Waals surface area contributed by atoms with Crippen LogP contribution in [0.15, 0.2) is 0 Å². The summed E-state index contributed by atoms with van der Waals surface area (Å²) >= 11 is 0. The van der Waals surface area contributed by atoms with Gasteiger partial charge in [0.15, 0.2) is 0 Å². The lowest BCUT2D eigenvalue weighted by Crippen LogP contribution is -2.28. The summed E-state index contributed by atoms with van der Waals surface area (Å²) < 4.78 is 0. The second-order valence-electron chi connectivity index (χ2n) is 6.15. The minimum absolute atomic E-state index is 0.558. The molecule has 0 N–H and O–H groups in total. The van der Waals surface area contributed by atoms with Crippen LogP contribution in [0.5, 0.6) is 0 Å². The maximum Gasteiger partial charge on any atom is 0.139 e. The second-order valence-corrected chi connectivity index (χ2v) is 6.15. The summed E-state index contributed by atoms with van der Waals surface area (Å²) in [5, 5.41) is 0. The molecule has 5 fully saturated rings. The van der Waals surface area contributed by atoms with Crippen LogP contribution in [-0.2, 0) is 4.79 Å². The van der Waals surface area contributed by atoms with Gasteiger partial charge < -0.3 is 0 Å². The molecule has 0 radical (unpaired) electrons. The Morgan fingerprint density at radius 1 is 0.923 bits per heavy atom. The lowest BCUT2D eigenvalue weighted by atomic mass is 9.77. The van der Waals surface area contributed by atoms with Gasteiger partial charge in [0, 0.05) is 11.8 Å². The van der Waals surface area contributed by atoms with Crippen LogP contribution in [0, 0.1) is 47.3 Å². The fourth-order valence-corrected chi connectivity index (χ4v) is 6.40. The van der Waals surface area contributed by atoms with Crippen molar-refractivity contribution < 1.29 is 4.79 Å². The van der Waals surface area contributed by atoms with Gasteiger partial charge in [-0.25, -0.2) is 0 Å². The Hall–Kier alpha value is -0.330. The molecular weight excluding hydrogens is 160 g/mol. The highest BCUT2D eigenvalue weighted by Crippen LogP contribution is 2.77. The predicted molar refractivity (Wildman–Crippen MR) is 46.8 cm³/mol. The third-order valence-corrected chi connectivity index (χ3v) is 6.28.